The van der Waals surface area contributed by atoms with Crippen LogP contribution in [0.3, 0.4) is 0 Å². The summed E-state index contributed by atoms with van der Waals surface area (Å²) in [5.41, 5.74) is 2.18. The van der Waals surface area contributed by atoms with Crippen LogP contribution in [0.4, 0.5) is 5.69 Å². The highest BCUT2D eigenvalue weighted by atomic mass is 16.5. The molecule has 2 aliphatic rings. The van der Waals surface area contributed by atoms with E-state index >= 15 is 0 Å². The average molecular weight is 360 g/mol. The van der Waals surface area contributed by atoms with Gasteiger partial charge in [0.2, 0.25) is 5.91 Å². The summed E-state index contributed by atoms with van der Waals surface area (Å²) >= 11 is 0. The summed E-state index contributed by atoms with van der Waals surface area (Å²) in [6, 6.07) is 8.69. The average Bonchev–Trinajstić information content (AvgIpc) is 2.69. The summed E-state index contributed by atoms with van der Waals surface area (Å²) in [5.74, 6) is 1.24. The highest BCUT2D eigenvalue weighted by Crippen LogP contribution is 2.26. The number of hydrogen-bond acceptors (Lipinski definition) is 4. The van der Waals surface area contributed by atoms with Crippen LogP contribution in [0.25, 0.3) is 0 Å². The molecule has 2 heterocycles. The summed E-state index contributed by atoms with van der Waals surface area (Å²) in [6.45, 7) is 10.2. The fourth-order valence-corrected chi connectivity index (χ4v) is 4.10. The van der Waals surface area contributed by atoms with Gasteiger partial charge in [-0.15, -0.1) is 0 Å². The van der Waals surface area contributed by atoms with Gasteiger partial charge >= 0.3 is 0 Å². The third-order valence-electron chi connectivity index (χ3n) is 5.97. The van der Waals surface area contributed by atoms with E-state index in [1.807, 2.05) is 12.1 Å². The molecule has 5 heteroatoms. The fourth-order valence-electron chi connectivity index (χ4n) is 4.10. The van der Waals surface area contributed by atoms with E-state index in [1.165, 1.54) is 18.4 Å². The fraction of sp³-hybridized carbons (Fsp3) is 0.667. The van der Waals surface area contributed by atoms with Crippen molar-refractivity contribution in [3.05, 3.63) is 29.8 Å². The van der Waals surface area contributed by atoms with E-state index in [0.29, 0.717) is 24.3 Å². The minimum atomic E-state index is 0.130. The Balaban J connectivity index is 1.49. The predicted molar refractivity (Wildman–Crippen MR) is 105 cm³/mol. The number of anilines is 1. The maximum atomic E-state index is 12.4. The number of benzene rings is 1. The third-order valence-corrected chi connectivity index (χ3v) is 5.97. The molecule has 0 aromatic heterocycles. The predicted octanol–water partition coefficient (Wildman–Crippen LogP) is 3.04. The van der Waals surface area contributed by atoms with Crippen molar-refractivity contribution in [3.63, 3.8) is 0 Å². The number of morpholine rings is 1. The molecular formula is C21H33N3O2. The van der Waals surface area contributed by atoms with Gasteiger partial charge in [-0.1, -0.05) is 19.1 Å². The highest BCUT2D eigenvalue weighted by Gasteiger charge is 2.22. The SMILES string of the molecule is CC(CC(=O)Nc1ccc(C(C)N2CCOCC2)cc1)C1CCNCC1. The maximum absolute atomic E-state index is 12.4. The van der Waals surface area contributed by atoms with Gasteiger partial charge in [0.15, 0.2) is 0 Å². The lowest BCUT2D eigenvalue weighted by Gasteiger charge is -2.32. The van der Waals surface area contributed by atoms with Gasteiger partial charge in [-0.05, 0) is 62.4 Å². The quantitative estimate of drug-likeness (QED) is 0.820. The number of amides is 1. The first kappa shape index (κ1) is 19.3. The molecule has 2 saturated heterocycles. The molecule has 0 bridgehead atoms. The smallest absolute Gasteiger partial charge is 0.224 e. The second-order valence-electron chi connectivity index (χ2n) is 7.76. The number of piperidine rings is 1. The molecule has 1 aromatic rings. The Kier molecular flexibility index (Phi) is 7.06. The van der Waals surface area contributed by atoms with Crippen LogP contribution in [0, 0.1) is 11.8 Å². The minimum absolute atomic E-state index is 0.130. The van der Waals surface area contributed by atoms with E-state index < -0.39 is 0 Å². The van der Waals surface area contributed by atoms with Crippen LogP contribution < -0.4 is 10.6 Å². The summed E-state index contributed by atoms with van der Waals surface area (Å²) in [4.78, 5) is 14.8. The van der Waals surface area contributed by atoms with Crippen LogP contribution in [-0.2, 0) is 9.53 Å². The van der Waals surface area contributed by atoms with Crippen LogP contribution in [0.15, 0.2) is 24.3 Å². The molecule has 2 unspecified atom stereocenters. The topological polar surface area (TPSA) is 53.6 Å². The van der Waals surface area contributed by atoms with Crippen molar-refractivity contribution in [2.75, 3.05) is 44.7 Å². The second kappa shape index (κ2) is 9.49. The lowest BCUT2D eigenvalue weighted by molar-refractivity contribution is -0.117. The van der Waals surface area contributed by atoms with Crippen molar-refractivity contribution in [3.8, 4) is 0 Å². The Bertz CT molecular complexity index is 563. The van der Waals surface area contributed by atoms with E-state index in [0.717, 1.165) is 45.1 Å². The number of carbonyl (C=O) groups is 1. The van der Waals surface area contributed by atoms with Gasteiger partial charge in [-0.25, -0.2) is 0 Å². The van der Waals surface area contributed by atoms with Gasteiger partial charge < -0.3 is 15.4 Å². The zero-order valence-electron chi connectivity index (χ0n) is 16.2. The number of carbonyl (C=O) groups excluding carboxylic acids is 1. The zero-order chi connectivity index (χ0) is 18.4. The zero-order valence-corrected chi connectivity index (χ0v) is 16.2. The molecule has 144 valence electrons. The Morgan fingerprint density at radius 3 is 2.50 bits per heavy atom. The molecule has 1 amide bonds. The first-order valence-corrected chi connectivity index (χ1v) is 10.1. The molecule has 2 fully saturated rings. The largest absolute Gasteiger partial charge is 0.379 e. The lowest BCUT2D eigenvalue weighted by Crippen LogP contribution is -2.38. The van der Waals surface area contributed by atoms with Gasteiger partial charge in [0, 0.05) is 31.2 Å². The number of ether oxygens (including phenoxy) is 1. The molecule has 2 N–H and O–H groups in total. The van der Waals surface area contributed by atoms with Crippen molar-refractivity contribution in [2.45, 2.75) is 39.2 Å². The summed E-state index contributed by atoms with van der Waals surface area (Å²) < 4.78 is 5.43. The molecule has 0 saturated carbocycles. The lowest BCUT2D eigenvalue weighted by atomic mass is 9.84. The summed E-state index contributed by atoms with van der Waals surface area (Å²) in [6.07, 6.45) is 2.97. The number of nitrogens with one attached hydrogen (secondary N) is 2. The highest BCUT2D eigenvalue weighted by molar-refractivity contribution is 5.90. The van der Waals surface area contributed by atoms with Gasteiger partial charge in [0.05, 0.1) is 13.2 Å². The summed E-state index contributed by atoms with van der Waals surface area (Å²) in [7, 11) is 0. The van der Waals surface area contributed by atoms with Crippen LogP contribution >= 0.6 is 0 Å². The molecule has 3 rings (SSSR count). The van der Waals surface area contributed by atoms with E-state index in [4.69, 9.17) is 4.74 Å². The van der Waals surface area contributed by atoms with Gasteiger partial charge in [0.25, 0.3) is 0 Å². The van der Waals surface area contributed by atoms with Crippen LogP contribution in [-0.4, -0.2) is 50.2 Å². The van der Waals surface area contributed by atoms with Crippen LogP contribution in [0.5, 0.6) is 0 Å². The first-order valence-electron chi connectivity index (χ1n) is 10.1. The van der Waals surface area contributed by atoms with Crippen molar-refractivity contribution >= 4 is 11.6 Å². The molecule has 0 aliphatic carbocycles. The first-order chi connectivity index (χ1) is 12.6. The van der Waals surface area contributed by atoms with Crippen LogP contribution in [0.2, 0.25) is 0 Å². The Morgan fingerprint density at radius 2 is 1.85 bits per heavy atom. The number of nitrogens with zero attached hydrogens (tertiary/aromatic N) is 1. The summed E-state index contributed by atoms with van der Waals surface area (Å²) in [5, 5.41) is 6.46. The normalized spacial score (nSPS) is 21.9. The molecule has 2 atom stereocenters. The van der Waals surface area contributed by atoms with Gasteiger partial charge in [-0.3, -0.25) is 9.69 Å². The monoisotopic (exact) mass is 359 g/mol. The molecule has 5 nitrogen and oxygen atoms in total. The Morgan fingerprint density at radius 1 is 1.19 bits per heavy atom. The van der Waals surface area contributed by atoms with E-state index in [1.54, 1.807) is 0 Å². The third kappa shape index (κ3) is 5.29. The Labute approximate surface area is 157 Å². The van der Waals surface area contributed by atoms with Crippen molar-refractivity contribution in [1.29, 1.82) is 0 Å². The standard InChI is InChI=1S/C21H33N3O2/c1-16(18-7-9-22-10-8-18)15-21(25)23-20-5-3-19(4-6-20)17(2)24-11-13-26-14-12-24/h3-6,16-18,22H,7-15H2,1-2H3,(H,23,25). The maximum Gasteiger partial charge on any atom is 0.224 e. The number of rotatable bonds is 6. The van der Waals surface area contributed by atoms with Crippen LogP contribution in [0.1, 0.15) is 44.7 Å². The minimum Gasteiger partial charge on any atom is -0.379 e. The van der Waals surface area contributed by atoms with E-state index in [9.17, 15) is 4.79 Å². The van der Waals surface area contributed by atoms with Crippen molar-refractivity contribution < 1.29 is 9.53 Å². The second-order valence-corrected chi connectivity index (χ2v) is 7.76. The molecular weight excluding hydrogens is 326 g/mol. The Hall–Kier alpha value is -1.43. The van der Waals surface area contributed by atoms with Gasteiger partial charge in [0.1, 0.15) is 0 Å². The van der Waals surface area contributed by atoms with Gasteiger partial charge in [-0.2, -0.15) is 0 Å². The molecule has 26 heavy (non-hydrogen) atoms. The molecule has 0 spiro atoms. The molecule has 0 radical (unpaired) electrons. The van der Waals surface area contributed by atoms with Crippen molar-refractivity contribution in [1.82, 2.24) is 10.2 Å². The molecule has 1 aromatic carbocycles. The molecule has 2 aliphatic heterocycles. The van der Waals surface area contributed by atoms with E-state index in [2.05, 4.69) is 41.5 Å². The number of hydrogen-bond donors (Lipinski definition) is 2. The van der Waals surface area contributed by atoms with E-state index in [-0.39, 0.29) is 5.91 Å². The van der Waals surface area contributed by atoms with Crippen molar-refractivity contribution in [2.24, 2.45) is 11.8 Å².